The minimum atomic E-state index is -0.462. The van der Waals surface area contributed by atoms with Crippen molar-refractivity contribution in [1.82, 2.24) is 0 Å². The van der Waals surface area contributed by atoms with E-state index in [0.717, 1.165) is 16.8 Å². The normalized spacial score (nSPS) is 9.83. The number of nitrogen functional groups attached to an aromatic ring is 1. The number of hydrogen-bond donors (Lipinski definition) is 1. The zero-order valence-electron chi connectivity index (χ0n) is 13.6. The summed E-state index contributed by atoms with van der Waals surface area (Å²) >= 11 is 0. The van der Waals surface area contributed by atoms with Gasteiger partial charge >= 0.3 is 0 Å². The third-order valence-electron chi connectivity index (χ3n) is 3.34. The Hall–Kier alpha value is -3.38. The molecule has 2 aromatic carbocycles. The van der Waals surface area contributed by atoms with Crippen molar-refractivity contribution in [3.63, 3.8) is 0 Å². The second kappa shape index (κ2) is 8.30. The van der Waals surface area contributed by atoms with Crippen LogP contribution in [0.1, 0.15) is 25.0 Å². The smallest absolute Gasteiger partial charge is 0.269 e. The first-order chi connectivity index (χ1) is 11.3. The molecule has 0 radical (unpaired) electrons. The van der Waals surface area contributed by atoms with Gasteiger partial charge in [-0.3, -0.25) is 10.1 Å². The van der Waals surface area contributed by atoms with Crippen LogP contribution >= 0.6 is 0 Å². The van der Waals surface area contributed by atoms with Gasteiger partial charge in [0.25, 0.3) is 5.69 Å². The van der Waals surface area contributed by atoms with Gasteiger partial charge in [0.2, 0.25) is 0 Å². The van der Waals surface area contributed by atoms with Crippen LogP contribution in [0.3, 0.4) is 0 Å². The highest BCUT2D eigenvalue weighted by atomic mass is 16.6. The lowest BCUT2D eigenvalue weighted by atomic mass is 9.86. The van der Waals surface area contributed by atoms with E-state index in [1.165, 1.54) is 12.1 Å². The first-order valence-corrected chi connectivity index (χ1v) is 7.17. The molecule has 0 amide bonds. The van der Waals surface area contributed by atoms with Gasteiger partial charge in [-0.1, -0.05) is 24.3 Å². The number of nitrogens with zero attached hydrogens (tertiary/aromatic N) is 3. The van der Waals surface area contributed by atoms with E-state index >= 15 is 0 Å². The van der Waals surface area contributed by atoms with Crippen molar-refractivity contribution in [2.45, 2.75) is 25.7 Å². The summed E-state index contributed by atoms with van der Waals surface area (Å²) in [5, 5.41) is 27.4. The number of anilines is 1. The Morgan fingerprint density at radius 1 is 1.08 bits per heavy atom. The zero-order chi connectivity index (χ0) is 18.2. The quantitative estimate of drug-likeness (QED) is 0.525. The summed E-state index contributed by atoms with van der Waals surface area (Å²) in [5.41, 5.74) is 7.68. The topological polar surface area (TPSA) is 117 Å². The van der Waals surface area contributed by atoms with Crippen molar-refractivity contribution in [2.75, 3.05) is 5.73 Å². The fourth-order valence-corrected chi connectivity index (χ4v) is 1.79. The molecule has 6 nitrogen and oxygen atoms in total. The molecule has 6 heteroatoms. The SMILES string of the molecule is CC(C)(C#N)c1ccc(N)cc1.N#CCc1ccc([N+](=O)[O-])cc1. The fraction of sp³-hybridized carbons (Fsp3) is 0.222. The standard InChI is InChI=1S/C10H12N2.C8H6N2O2/c1-10(2,7-11)8-3-5-9(12)6-4-8;9-6-5-7-1-3-8(4-2-7)10(11)12/h3-6H,12H2,1-2H3;1-4H,5H2. The molecule has 0 aromatic heterocycles. The summed E-state index contributed by atoms with van der Waals surface area (Å²) in [7, 11) is 0. The highest BCUT2D eigenvalue weighted by Gasteiger charge is 2.18. The van der Waals surface area contributed by atoms with E-state index in [1.807, 2.05) is 44.2 Å². The Bertz CT molecular complexity index is 767. The minimum Gasteiger partial charge on any atom is -0.399 e. The molecule has 0 aliphatic carbocycles. The highest BCUT2D eigenvalue weighted by molar-refractivity contribution is 5.42. The van der Waals surface area contributed by atoms with Gasteiger partial charge in [0.05, 0.1) is 28.9 Å². The van der Waals surface area contributed by atoms with Crippen molar-refractivity contribution < 1.29 is 4.92 Å². The largest absolute Gasteiger partial charge is 0.399 e. The number of nitro groups is 1. The molecule has 0 saturated carbocycles. The van der Waals surface area contributed by atoms with Gasteiger partial charge in [-0.15, -0.1) is 0 Å². The van der Waals surface area contributed by atoms with Gasteiger partial charge < -0.3 is 5.73 Å². The van der Waals surface area contributed by atoms with Crippen LogP contribution in [0, 0.1) is 32.8 Å². The van der Waals surface area contributed by atoms with E-state index in [2.05, 4.69) is 6.07 Å². The average Bonchev–Trinajstić information content (AvgIpc) is 2.57. The molecule has 24 heavy (non-hydrogen) atoms. The number of rotatable bonds is 3. The number of nitriles is 2. The molecule has 0 saturated heterocycles. The van der Waals surface area contributed by atoms with Crippen LogP contribution in [0.5, 0.6) is 0 Å². The number of benzene rings is 2. The summed E-state index contributed by atoms with van der Waals surface area (Å²) in [6.07, 6.45) is 0.290. The maximum Gasteiger partial charge on any atom is 0.269 e. The number of non-ortho nitro benzene ring substituents is 1. The molecule has 0 heterocycles. The van der Waals surface area contributed by atoms with E-state index in [9.17, 15) is 10.1 Å². The van der Waals surface area contributed by atoms with Crippen molar-refractivity contribution in [3.05, 3.63) is 69.8 Å². The highest BCUT2D eigenvalue weighted by Crippen LogP contribution is 2.22. The lowest BCUT2D eigenvalue weighted by molar-refractivity contribution is -0.384. The summed E-state index contributed by atoms with van der Waals surface area (Å²) < 4.78 is 0. The van der Waals surface area contributed by atoms with E-state index in [1.54, 1.807) is 12.1 Å². The molecule has 0 unspecified atom stereocenters. The van der Waals surface area contributed by atoms with E-state index < -0.39 is 10.3 Å². The molecule has 2 rings (SSSR count). The monoisotopic (exact) mass is 322 g/mol. The van der Waals surface area contributed by atoms with Gasteiger partial charge in [0.15, 0.2) is 0 Å². The van der Waals surface area contributed by atoms with Crippen LogP contribution in [-0.4, -0.2) is 4.92 Å². The van der Waals surface area contributed by atoms with E-state index in [4.69, 9.17) is 16.3 Å². The van der Waals surface area contributed by atoms with Crippen LogP contribution in [0.25, 0.3) is 0 Å². The Morgan fingerprint density at radius 3 is 2.04 bits per heavy atom. The van der Waals surface area contributed by atoms with Crippen LogP contribution in [-0.2, 0) is 11.8 Å². The van der Waals surface area contributed by atoms with Crippen molar-refractivity contribution in [2.24, 2.45) is 0 Å². The molecule has 122 valence electrons. The van der Waals surface area contributed by atoms with Crippen LogP contribution in [0.4, 0.5) is 11.4 Å². The number of nitrogens with two attached hydrogens (primary N) is 1. The van der Waals surface area contributed by atoms with Crippen LogP contribution in [0.2, 0.25) is 0 Å². The van der Waals surface area contributed by atoms with Crippen LogP contribution < -0.4 is 5.73 Å². The van der Waals surface area contributed by atoms with Gasteiger partial charge in [-0.25, -0.2) is 0 Å². The Morgan fingerprint density at radius 2 is 1.62 bits per heavy atom. The van der Waals surface area contributed by atoms with Gasteiger partial charge in [-0.2, -0.15) is 10.5 Å². The third-order valence-corrected chi connectivity index (χ3v) is 3.34. The van der Waals surface area contributed by atoms with Crippen molar-refractivity contribution in [3.8, 4) is 12.1 Å². The van der Waals surface area contributed by atoms with Gasteiger partial charge in [-0.05, 0) is 37.1 Å². The molecule has 0 bridgehead atoms. The molecule has 0 aliphatic heterocycles. The Balaban J connectivity index is 0.000000240. The summed E-state index contributed by atoms with van der Waals surface area (Å²) in [6.45, 7) is 3.77. The number of nitro benzene ring substituents is 1. The lowest BCUT2D eigenvalue weighted by Crippen LogP contribution is -2.13. The third kappa shape index (κ3) is 5.43. The zero-order valence-corrected chi connectivity index (χ0v) is 13.6. The fourth-order valence-electron chi connectivity index (χ4n) is 1.79. The Labute approximate surface area is 140 Å². The summed E-state index contributed by atoms with van der Waals surface area (Å²) in [6, 6.07) is 17.6. The van der Waals surface area contributed by atoms with Crippen LogP contribution in [0.15, 0.2) is 48.5 Å². The second-order valence-corrected chi connectivity index (χ2v) is 5.62. The maximum absolute atomic E-state index is 10.2. The molecule has 2 N–H and O–H groups in total. The van der Waals surface area contributed by atoms with Gasteiger partial charge in [0, 0.05) is 17.8 Å². The molecular formula is C18H18N4O2. The first kappa shape index (κ1) is 18.7. The van der Waals surface area contributed by atoms with Gasteiger partial charge in [0.1, 0.15) is 0 Å². The number of hydrogen-bond acceptors (Lipinski definition) is 5. The molecule has 0 spiro atoms. The van der Waals surface area contributed by atoms with Crippen molar-refractivity contribution >= 4 is 11.4 Å². The van der Waals surface area contributed by atoms with E-state index in [-0.39, 0.29) is 12.1 Å². The lowest BCUT2D eigenvalue weighted by Gasteiger charge is -2.15. The average molecular weight is 322 g/mol. The summed E-state index contributed by atoms with van der Waals surface area (Å²) in [5.74, 6) is 0. The first-order valence-electron chi connectivity index (χ1n) is 7.17. The molecule has 0 aliphatic rings. The van der Waals surface area contributed by atoms with E-state index in [0.29, 0.717) is 0 Å². The molecule has 0 atom stereocenters. The molecular weight excluding hydrogens is 304 g/mol. The summed E-state index contributed by atoms with van der Waals surface area (Å²) in [4.78, 5) is 9.75. The minimum absolute atomic E-state index is 0.0525. The molecule has 0 fully saturated rings. The Kier molecular flexibility index (Phi) is 6.46. The van der Waals surface area contributed by atoms with Crippen molar-refractivity contribution in [1.29, 1.82) is 10.5 Å². The maximum atomic E-state index is 10.2. The predicted molar refractivity (Wildman–Crippen MR) is 91.9 cm³/mol. The predicted octanol–water partition coefficient (Wildman–Crippen LogP) is 3.73. The molecule has 2 aromatic rings. The second-order valence-electron chi connectivity index (χ2n) is 5.62.